The van der Waals surface area contributed by atoms with Crippen molar-refractivity contribution in [1.82, 2.24) is 25.0 Å². The topological polar surface area (TPSA) is 108 Å². The summed E-state index contributed by atoms with van der Waals surface area (Å²) >= 11 is 5.91. The van der Waals surface area contributed by atoms with Crippen LogP contribution in [0.2, 0.25) is 5.02 Å². The number of nitrogens with zero attached hydrogens (tertiary/aromatic N) is 4. The summed E-state index contributed by atoms with van der Waals surface area (Å²) in [4.78, 5) is 17.9. The van der Waals surface area contributed by atoms with E-state index < -0.39 is 12.7 Å². The van der Waals surface area contributed by atoms with Gasteiger partial charge in [0.05, 0.1) is 5.84 Å². The molecule has 1 aromatic heterocycles. The van der Waals surface area contributed by atoms with Crippen molar-refractivity contribution in [3.8, 4) is 11.8 Å². The Bertz CT molecular complexity index is 1040. The first-order chi connectivity index (χ1) is 15.0. The first-order valence-electron chi connectivity index (χ1n) is 9.86. The molecule has 3 N–H and O–H groups in total. The molecular weight excluding hydrogens is 451 g/mol. The van der Waals surface area contributed by atoms with E-state index in [9.17, 15) is 18.0 Å². The van der Waals surface area contributed by atoms with E-state index in [1.807, 2.05) is 6.92 Å². The SMILES string of the molecule is CC(=N)NC(=O)N1CC2C(Nc3nc(Oc4cccc(Cl)c4)n(CC(F)(F)F)n3)C(C)C21. The third-order valence-corrected chi connectivity index (χ3v) is 5.83. The number of rotatable bonds is 5. The number of halogens is 4. The van der Waals surface area contributed by atoms with Crippen molar-refractivity contribution in [2.45, 2.75) is 38.7 Å². The number of carbonyl (C=O) groups excluding carboxylic acids is 1. The zero-order chi connectivity index (χ0) is 23.2. The average molecular weight is 472 g/mol. The van der Waals surface area contributed by atoms with Gasteiger partial charge in [-0.05, 0) is 31.0 Å². The minimum absolute atomic E-state index is 0.00806. The number of piperidine rings is 1. The molecular formula is C19H21ClF3N7O2. The smallest absolute Gasteiger partial charge is 0.408 e. The number of hydrogen-bond donors (Lipinski definition) is 3. The minimum Gasteiger partial charge on any atom is -0.424 e. The molecule has 2 aliphatic rings. The van der Waals surface area contributed by atoms with E-state index in [2.05, 4.69) is 20.7 Å². The summed E-state index contributed by atoms with van der Waals surface area (Å²) < 4.78 is 45.2. The van der Waals surface area contributed by atoms with Crippen LogP contribution in [0.4, 0.5) is 23.9 Å². The maximum absolute atomic E-state index is 13.0. The summed E-state index contributed by atoms with van der Waals surface area (Å²) in [5.74, 6) is 0.455. The summed E-state index contributed by atoms with van der Waals surface area (Å²) in [6.07, 6.45) is -4.51. The maximum atomic E-state index is 13.0. The van der Waals surface area contributed by atoms with E-state index >= 15 is 0 Å². The van der Waals surface area contributed by atoms with Gasteiger partial charge in [-0.3, -0.25) is 10.7 Å². The molecule has 0 radical (unpaired) electrons. The Labute approximate surface area is 186 Å². The second kappa shape index (κ2) is 8.15. The number of hydrogen-bond acceptors (Lipinski definition) is 6. The van der Waals surface area contributed by atoms with Crippen molar-refractivity contribution in [1.29, 1.82) is 5.41 Å². The van der Waals surface area contributed by atoms with Gasteiger partial charge in [0.2, 0.25) is 5.95 Å². The third kappa shape index (κ3) is 4.45. The number of alkyl halides is 3. The molecule has 2 aromatic rings. The number of benzene rings is 1. The fourth-order valence-electron chi connectivity index (χ4n) is 4.22. The van der Waals surface area contributed by atoms with Crippen molar-refractivity contribution >= 4 is 29.4 Å². The summed E-state index contributed by atoms with van der Waals surface area (Å²) in [7, 11) is 0. The first-order valence-corrected chi connectivity index (χ1v) is 10.2. The van der Waals surface area contributed by atoms with Gasteiger partial charge >= 0.3 is 18.2 Å². The van der Waals surface area contributed by atoms with Gasteiger partial charge in [0.25, 0.3) is 0 Å². The van der Waals surface area contributed by atoms with Crippen LogP contribution in [0.25, 0.3) is 0 Å². The van der Waals surface area contributed by atoms with Crippen molar-refractivity contribution in [2.24, 2.45) is 11.8 Å². The van der Waals surface area contributed by atoms with Crippen LogP contribution < -0.4 is 15.4 Å². The normalized spacial score (nSPS) is 24.1. The molecule has 2 fully saturated rings. The van der Waals surface area contributed by atoms with Crippen LogP contribution in [0.1, 0.15) is 13.8 Å². The largest absolute Gasteiger partial charge is 0.424 e. The summed E-state index contributed by atoms with van der Waals surface area (Å²) in [6, 6.07) is 5.48. The number of fused-ring (bicyclic) bond motifs is 1. The van der Waals surface area contributed by atoms with Gasteiger partial charge in [-0.15, -0.1) is 5.10 Å². The molecule has 0 spiro atoms. The van der Waals surface area contributed by atoms with Gasteiger partial charge in [0.1, 0.15) is 12.3 Å². The van der Waals surface area contributed by atoms with E-state index in [0.29, 0.717) is 16.2 Å². The molecule has 172 valence electrons. The van der Waals surface area contributed by atoms with E-state index in [0.717, 1.165) is 0 Å². The van der Waals surface area contributed by atoms with Gasteiger partial charge in [-0.1, -0.05) is 24.6 Å². The maximum Gasteiger partial charge on any atom is 0.408 e. The number of ether oxygens (including phenoxy) is 1. The Hall–Kier alpha value is -3.02. The highest BCUT2D eigenvalue weighted by Gasteiger charge is 2.60. The highest BCUT2D eigenvalue weighted by Crippen LogP contribution is 2.47. The quantitative estimate of drug-likeness (QED) is 0.455. The lowest BCUT2D eigenvalue weighted by Crippen LogP contribution is -2.77. The van der Waals surface area contributed by atoms with Gasteiger partial charge in [-0.2, -0.15) is 18.2 Å². The highest BCUT2D eigenvalue weighted by atomic mass is 35.5. The molecule has 1 aliphatic carbocycles. The standard InChI is InChI=1S/C19H21ClF3N7O2/c1-9-14(13-7-29(15(9)13)17(31)25-10(2)24)26-16-27-18(30(28-16)8-19(21,22)23)32-12-5-3-4-11(20)6-12/h3-6,9,13-15H,7-8H2,1-2H3,(H,26,28)(H2,24,25,31). The van der Waals surface area contributed by atoms with Crippen molar-refractivity contribution in [3.05, 3.63) is 29.3 Å². The lowest BCUT2D eigenvalue weighted by atomic mass is 9.60. The molecule has 1 saturated heterocycles. The molecule has 2 amide bonds. The Morgan fingerprint density at radius 1 is 1.41 bits per heavy atom. The van der Waals surface area contributed by atoms with E-state index in [4.69, 9.17) is 21.7 Å². The zero-order valence-corrected chi connectivity index (χ0v) is 17.9. The first kappa shape index (κ1) is 22.2. The van der Waals surface area contributed by atoms with Crippen molar-refractivity contribution in [3.63, 3.8) is 0 Å². The molecule has 4 rings (SSSR count). The molecule has 13 heteroatoms. The van der Waals surface area contributed by atoms with Gasteiger partial charge in [0.15, 0.2) is 0 Å². The summed E-state index contributed by atoms with van der Waals surface area (Å²) in [6.45, 7) is 2.53. The third-order valence-electron chi connectivity index (χ3n) is 5.60. The Kier molecular flexibility index (Phi) is 5.65. The number of urea groups is 1. The van der Waals surface area contributed by atoms with E-state index in [1.165, 1.54) is 13.0 Å². The second-order valence-electron chi connectivity index (χ2n) is 7.94. The predicted octanol–water partition coefficient (Wildman–Crippen LogP) is 3.72. The predicted molar refractivity (Wildman–Crippen MR) is 110 cm³/mol. The lowest BCUT2D eigenvalue weighted by molar-refractivity contribution is -0.143. The summed E-state index contributed by atoms with van der Waals surface area (Å²) in [5, 5.41) is 17.2. The van der Waals surface area contributed by atoms with E-state index in [1.54, 1.807) is 23.1 Å². The molecule has 1 aliphatic heterocycles. The number of likely N-dealkylation sites (tertiary alicyclic amines) is 1. The number of anilines is 1. The van der Waals surface area contributed by atoms with Gasteiger partial charge in [-0.25, -0.2) is 9.48 Å². The molecule has 2 heterocycles. The second-order valence-corrected chi connectivity index (χ2v) is 8.38. The number of carbonyl (C=O) groups is 1. The number of amides is 2. The molecule has 0 bridgehead atoms. The van der Waals surface area contributed by atoms with Crippen LogP contribution in [0.5, 0.6) is 11.8 Å². The van der Waals surface area contributed by atoms with Crippen LogP contribution in [-0.2, 0) is 6.54 Å². The number of amidine groups is 1. The van der Waals surface area contributed by atoms with Gasteiger partial charge in [0, 0.05) is 29.6 Å². The summed E-state index contributed by atoms with van der Waals surface area (Å²) in [5.41, 5.74) is 0. The van der Waals surface area contributed by atoms with Crippen LogP contribution in [-0.4, -0.2) is 56.3 Å². The van der Waals surface area contributed by atoms with Crippen LogP contribution in [0.3, 0.4) is 0 Å². The highest BCUT2D eigenvalue weighted by molar-refractivity contribution is 6.30. The monoisotopic (exact) mass is 471 g/mol. The van der Waals surface area contributed by atoms with Crippen LogP contribution in [0, 0.1) is 17.2 Å². The Morgan fingerprint density at radius 2 is 2.16 bits per heavy atom. The molecule has 9 nitrogen and oxygen atoms in total. The fraction of sp³-hybridized carbons (Fsp3) is 0.474. The van der Waals surface area contributed by atoms with Crippen LogP contribution in [0.15, 0.2) is 24.3 Å². The fourth-order valence-corrected chi connectivity index (χ4v) is 4.40. The Morgan fingerprint density at radius 3 is 2.78 bits per heavy atom. The zero-order valence-electron chi connectivity index (χ0n) is 17.2. The molecule has 4 atom stereocenters. The average Bonchev–Trinajstić information content (AvgIpc) is 2.99. The van der Waals surface area contributed by atoms with Crippen LogP contribution >= 0.6 is 11.6 Å². The van der Waals surface area contributed by atoms with Crippen molar-refractivity contribution in [2.75, 3.05) is 11.9 Å². The lowest BCUT2D eigenvalue weighted by Gasteiger charge is -2.63. The van der Waals surface area contributed by atoms with Gasteiger partial charge < -0.3 is 15.0 Å². The number of aromatic nitrogens is 3. The molecule has 4 unspecified atom stereocenters. The van der Waals surface area contributed by atoms with E-state index in [-0.39, 0.29) is 53.5 Å². The minimum atomic E-state index is -4.51. The van der Waals surface area contributed by atoms with Crippen molar-refractivity contribution < 1.29 is 22.7 Å². The Balaban J connectivity index is 1.46. The molecule has 1 saturated carbocycles. The molecule has 1 aromatic carbocycles. The number of nitrogens with one attached hydrogen (secondary N) is 3. The molecule has 32 heavy (non-hydrogen) atoms.